The van der Waals surface area contributed by atoms with Gasteiger partial charge in [0.2, 0.25) is 15.9 Å². The van der Waals surface area contributed by atoms with Gasteiger partial charge in [-0.25, -0.2) is 26.9 Å². The van der Waals surface area contributed by atoms with Gasteiger partial charge in [-0.3, -0.25) is 4.79 Å². The van der Waals surface area contributed by atoms with E-state index in [1.54, 1.807) is 11.1 Å². The molecule has 3 heterocycles. The molecule has 2 aromatic heterocycles. The number of carbonyl (C=O) groups is 1. The van der Waals surface area contributed by atoms with Gasteiger partial charge in [-0.1, -0.05) is 6.08 Å². The quantitative estimate of drug-likeness (QED) is 0.609. The molecule has 1 aliphatic heterocycles. The molecule has 0 unspecified atom stereocenters. The zero-order valence-corrected chi connectivity index (χ0v) is 17.3. The van der Waals surface area contributed by atoms with Crippen LogP contribution >= 0.6 is 0 Å². The molecule has 7 nitrogen and oxygen atoms in total. The van der Waals surface area contributed by atoms with Crippen LogP contribution in [0.1, 0.15) is 18.4 Å². The van der Waals surface area contributed by atoms with Crippen molar-refractivity contribution in [2.45, 2.75) is 17.7 Å². The van der Waals surface area contributed by atoms with Crippen molar-refractivity contribution in [3.05, 3.63) is 66.0 Å². The van der Waals surface area contributed by atoms with Crippen molar-refractivity contribution < 1.29 is 22.0 Å². The molecule has 1 aromatic carbocycles. The Bertz CT molecular complexity index is 1270. The summed E-state index contributed by atoms with van der Waals surface area (Å²) in [7, 11) is -4.03. The lowest BCUT2D eigenvalue weighted by Gasteiger charge is -2.26. The molecule has 10 heteroatoms. The highest BCUT2D eigenvalue weighted by atomic mass is 32.2. The molecule has 0 atom stereocenters. The SMILES string of the molecule is O=C(CCNS(=O)(=O)c1ccc(F)c(F)c1)N1CC=C(c2c[nH]c3ncccc23)CC1. The van der Waals surface area contributed by atoms with Gasteiger partial charge >= 0.3 is 0 Å². The lowest BCUT2D eigenvalue weighted by atomic mass is 9.99. The van der Waals surface area contributed by atoms with Gasteiger partial charge < -0.3 is 9.88 Å². The zero-order chi connectivity index (χ0) is 22.0. The van der Waals surface area contributed by atoms with E-state index in [0.29, 0.717) is 25.6 Å². The van der Waals surface area contributed by atoms with Crippen molar-refractivity contribution in [1.29, 1.82) is 0 Å². The summed E-state index contributed by atoms with van der Waals surface area (Å²) in [4.78, 5) is 21.1. The molecule has 0 bridgehead atoms. The molecule has 0 radical (unpaired) electrons. The second-order valence-electron chi connectivity index (χ2n) is 7.14. The first kappa shape index (κ1) is 21.1. The predicted octanol–water partition coefficient (Wildman–Crippen LogP) is 2.83. The fourth-order valence-electron chi connectivity index (χ4n) is 3.54. The maximum Gasteiger partial charge on any atom is 0.240 e. The largest absolute Gasteiger partial charge is 0.346 e. The minimum Gasteiger partial charge on any atom is -0.346 e. The van der Waals surface area contributed by atoms with Crippen molar-refractivity contribution in [1.82, 2.24) is 19.6 Å². The van der Waals surface area contributed by atoms with Crippen molar-refractivity contribution >= 4 is 32.5 Å². The van der Waals surface area contributed by atoms with Gasteiger partial charge in [0, 0.05) is 49.4 Å². The molecule has 162 valence electrons. The van der Waals surface area contributed by atoms with Gasteiger partial charge in [-0.05, 0) is 42.3 Å². The van der Waals surface area contributed by atoms with E-state index < -0.39 is 26.6 Å². The Morgan fingerprint density at radius 2 is 2.06 bits per heavy atom. The maximum absolute atomic E-state index is 13.3. The van der Waals surface area contributed by atoms with Crippen LogP contribution < -0.4 is 4.72 Å². The van der Waals surface area contributed by atoms with Crippen LogP contribution in [0.15, 0.2) is 53.7 Å². The fourth-order valence-corrected chi connectivity index (χ4v) is 4.58. The number of aromatic nitrogens is 2. The first-order valence-electron chi connectivity index (χ1n) is 9.69. The molecule has 0 saturated carbocycles. The van der Waals surface area contributed by atoms with E-state index in [9.17, 15) is 22.0 Å². The second-order valence-corrected chi connectivity index (χ2v) is 8.91. The van der Waals surface area contributed by atoms with Crippen LogP contribution in [-0.2, 0) is 14.8 Å². The minimum absolute atomic E-state index is 0.0386. The Kier molecular flexibility index (Phi) is 5.84. The summed E-state index contributed by atoms with van der Waals surface area (Å²) in [6.45, 7) is 0.811. The molecular weight excluding hydrogens is 426 g/mol. The average Bonchev–Trinajstić information content (AvgIpc) is 3.19. The van der Waals surface area contributed by atoms with Crippen LogP contribution in [0.5, 0.6) is 0 Å². The van der Waals surface area contributed by atoms with Crippen LogP contribution in [0.4, 0.5) is 8.78 Å². The number of amides is 1. The van der Waals surface area contributed by atoms with E-state index >= 15 is 0 Å². The van der Waals surface area contributed by atoms with Crippen molar-refractivity contribution in [3.8, 4) is 0 Å². The smallest absolute Gasteiger partial charge is 0.240 e. The van der Waals surface area contributed by atoms with Gasteiger partial charge in [0.25, 0.3) is 0 Å². The molecule has 3 aromatic rings. The number of H-pyrrole nitrogens is 1. The number of sulfonamides is 1. The highest BCUT2D eigenvalue weighted by molar-refractivity contribution is 7.89. The Morgan fingerprint density at radius 1 is 1.23 bits per heavy atom. The maximum atomic E-state index is 13.3. The number of hydrogen-bond donors (Lipinski definition) is 2. The summed E-state index contributed by atoms with van der Waals surface area (Å²) in [5.74, 6) is -2.57. The summed E-state index contributed by atoms with van der Waals surface area (Å²) >= 11 is 0. The number of halogens is 2. The minimum atomic E-state index is -4.03. The van der Waals surface area contributed by atoms with Crippen LogP contribution in [0, 0.1) is 11.6 Å². The van der Waals surface area contributed by atoms with E-state index in [1.807, 2.05) is 24.4 Å². The zero-order valence-electron chi connectivity index (χ0n) is 16.4. The van der Waals surface area contributed by atoms with E-state index in [2.05, 4.69) is 14.7 Å². The van der Waals surface area contributed by atoms with E-state index in [-0.39, 0.29) is 18.9 Å². The normalized spacial score (nSPS) is 14.6. The molecule has 1 amide bonds. The summed E-state index contributed by atoms with van der Waals surface area (Å²) in [5, 5.41) is 1.03. The number of hydrogen-bond acceptors (Lipinski definition) is 4. The highest BCUT2D eigenvalue weighted by Crippen LogP contribution is 2.28. The molecule has 4 rings (SSSR count). The molecule has 0 saturated heterocycles. The highest BCUT2D eigenvalue weighted by Gasteiger charge is 2.21. The van der Waals surface area contributed by atoms with Gasteiger partial charge in [0.1, 0.15) is 5.65 Å². The van der Waals surface area contributed by atoms with Crippen molar-refractivity contribution in [2.75, 3.05) is 19.6 Å². The number of carbonyl (C=O) groups excluding carboxylic acids is 1. The third-order valence-corrected chi connectivity index (χ3v) is 6.65. The Labute approximate surface area is 177 Å². The first-order chi connectivity index (χ1) is 14.8. The molecule has 1 aliphatic rings. The van der Waals surface area contributed by atoms with Crippen LogP contribution in [0.25, 0.3) is 16.6 Å². The second kappa shape index (κ2) is 8.56. The number of pyridine rings is 1. The van der Waals surface area contributed by atoms with E-state index in [1.165, 1.54) is 0 Å². The van der Waals surface area contributed by atoms with Gasteiger partial charge in [0.15, 0.2) is 11.6 Å². The summed E-state index contributed by atoms with van der Waals surface area (Å²) < 4.78 is 52.9. The molecule has 31 heavy (non-hydrogen) atoms. The number of nitrogens with zero attached hydrogens (tertiary/aromatic N) is 2. The molecule has 0 aliphatic carbocycles. The Hall–Kier alpha value is -3.11. The summed E-state index contributed by atoms with van der Waals surface area (Å²) in [6.07, 6.45) is 6.26. The van der Waals surface area contributed by atoms with E-state index in [0.717, 1.165) is 34.3 Å². The number of rotatable bonds is 6. The van der Waals surface area contributed by atoms with Crippen LogP contribution in [-0.4, -0.2) is 48.8 Å². The van der Waals surface area contributed by atoms with Gasteiger partial charge in [0.05, 0.1) is 4.90 Å². The molecule has 0 fully saturated rings. The number of benzene rings is 1. The number of nitrogens with one attached hydrogen (secondary N) is 2. The molecular formula is C21H20F2N4O3S. The summed E-state index contributed by atoms with van der Waals surface area (Å²) in [5.41, 5.74) is 3.00. The van der Waals surface area contributed by atoms with Crippen molar-refractivity contribution in [3.63, 3.8) is 0 Å². The Balaban J connectivity index is 1.33. The number of fused-ring (bicyclic) bond motifs is 1. The van der Waals surface area contributed by atoms with Crippen molar-refractivity contribution in [2.24, 2.45) is 0 Å². The molecule has 0 spiro atoms. The monoisotopic (exact) mass is 446 g/mol. The first-order valence-corrected chi connectivity index (χ1v) is 11.2. The topological polar surface area (TPSA) is 95.2 Å². The number of aromatic amines is 1. The van der Waals surface area contributed by atoms with Gasteiger partial charge in [-0.15, -0.1) is 0 Å². The Morgan fingerprint density at radius 3 is 2.81 bits per heavy atom. The van der Waals surface area contributed by atoms with Gasteiger partial charge in [-0.2, -0.15) is 0 Å². The fraction of sp³-hybridized carbons (Fsp3) is 0.238. The third kappa shape index (κ3) is 4.49. The third-order valence-electron chi connectivity index (χ3n) is 5.19. The average molecular weight is 446 g/mol. The lowest BCUT2D eigenvalue weighted by molar-refractivity contribution is -0.130. The standard InChI is InChI=1S/C21H20F2N4O3S/c22-18-4-3-15(12-19(18)23)31(29,30)26-9-5-20(28)27-10-6-14(7-11-27)17-13-25-21-16(17)2-1-8-24-21/h1-4,6,8,12-13,26H,5,7,9-11H2,(H,24,25). The molecule has 2 N–H and O–H groups in total. The summed E-state index contributed by atoms with van der Waals surface area (Å²) in [6, 6.07) is 6.19. The van der Waals surface area contributed by atoms with E-state index in [4.69, 9.17) is 0 Å². The lowest BCUT2D eigenvalue weighted by Crippen LogP contribution is -2.37. The van der Waals surface area contributed by atoms with Crippen LogP contribution in [0.2, 0.25) is 0 Å². The predicted molar refractivity (Wildman–Crippen MR) is 111 cm³/mol. The van der Waals surface area contributed by atoms with Crippen LogP contribution in [0.3, 0.4) is 0 Å².